The topological polar surface area (TPSA) is 190 Å². The molecule has 1 radical (unpaired) electrons. The van der Waals surface area contributed by atoms with Gasteiger partial charge < -0.3 is 15.6 Å². The summed E-state index contributed by atoms with van der Waals surface area (Å²) in [4.78, 5) is 25.1. The van der Waals surface area contributed by atoms with Crippen molar-refractivity contribution in [3.63, 3.8) is 0 Å². The van der Waals surface area contributed by atoms with Gasteiger partial charge in [-0.15, -0.1) is 30.3 Å². The van der Waals surface area contributed by atoms with Crippen molar-refractivity contribution in [2.24, 2.45) is 0 Å². The van der Waals surface area contributed by atoms with Gasteiger partial charge >= 0.3 is 0 Å². The van der Waals surface area contributed by atoms with Gasteiger partial charge in [0.2, 0.25) is 0 Å². The van der Waals surface area contributed by atoms with E-state index in [4.69, 9.17) is 46.0 Å². The summed E-state index contributed by atoms with van der Waals surface area (Å²) < 4.78 is 0. The Morgan fingerprint density at radius 1 is 0.692 bits per heavy atom. The van der Waals surface area contributed by atoms with E-state index in [0.717, 1.165) is 0 Å². The standard InChI is InChI=1S/Lu.3HNO3/c;3*2-1(3)4/h;3*(H,2,3,4). The predicted molar refractivity (Wildman–Crippen MR) is 26.3 cm³/mol. The van der Waals surface area contributed by atoms with E-state index in [1.165, 1.54) is 0 Å². The third-order valence-electron chi connectivity index (χ3n) is 0. The molecule has 0 fully saturated rings. The summed E-state index contributed by atoms with van der Waals surface area (Å²) in [6, 6.07) is 0. The molecule has 0 saturated carbocycles. The fourth-order valence-corrected chi connectivity index (χ4v) is 0. The first kappa shape index (κ1) is 22.6. The SMILES string of the molecule is O=[N+]([O-])O.O=[N+]([O-])O.O=[N+]([O-])O.[Lu]. The summed E-state index contributed by atoms with van der Waals surface area (Å²) in [6.45, 7) is 0. The molecule has 0 aliphatic carbocycles. The zero-order chi connectivity index (χ0) is 10.7. The van der Waals surface area contributed by atoms with Crippen LogP contribution in [-0.4, -0.2) is 30.9 Å². The summed E-state index contributed by atoms with van der Waals surface area (Å²) >= 11 is 0. The van der Waals surface area contributed by atoms with E-state index in [2.05, 4.69) is 0 Å². The molecule has 0 atom stereocenters. The van der Waals surface area contributed by atoms with Gasteiger partial charge in [0.25, 0.3) is 15.3 Å². The first-order valence-corrected chi connectivity index (χ1v) is 1.70. The monoisotopic (exact) mass is 364 g/mol. The Kier molecular flexibility index (Phi) is 29.7. The van der Waals surface area contributed by atoms with Crippen molar-refractivity contribution < 1.29 is 67.8 Å². The first-order chi connectivity index (χ1) is 5.20. The van der Waals surface area contributed by atoms with Gasteiger partial charge in [0.05, 0.1) is 0 Å². The maximum absolute atomic E-state index is 8.36. The number of nitrogens with zero attached hydrogens (tertiary/aromatic N) is 3. The molecule has 0 saturated heterocycles. The molecule has 0 bridgehead atoms. The molecule has 0 unspecified atom stereocenters. The van der Waals surface area contributed by atoms with E-state index in [0.29, 0.717) is 0 Å². The minimum atomic E-state index is -1.50. The van der Waals surface area contributed by atoms with E-state index in [1.807, 2.05) is 0 Å². The Balaban J connectivity index is -0.0000000450. The van der Waals surface area contributed by atoms with Crippen LogP contribution in [0.4, 0.5) is 0 Å². The third-order valence-corrected chi connectivity index (χ3v) is 0. The number of hydrogen-bond donors (Lipinski definition) is 3. The summed E-state index contributed by atoms with van der Waals surface area (Å²) in [6.07, 6.45) is 0. The van der Waals surface area contributed by atoms with Crippen LogP contribution in [0, 0.1) is 67.2 Å². The fraction of sp³-hybridized carbons (Fsp3) is 0. The van der Waals surface area contributed by atoms with Gasteiger partial charge in [-0.25, -0.2) is 0 Å². The quantitative estimate of drug-likeness (QED) is 0.356. The average Bonchev–Trinajstić information content (AvgIpc) is 1.54. The molecule has 0 aromatic rings. The second kappa shape index (κ2) is 17.1. The summed E-state index contributed by atoms with van der Waals surface area (Å²) in [5.41, 5.74) is 0. The Morgan fingerprint density at radius 3 is 0.692 bits per heavy atom. The molecule has 0 spiro atoms. The maximum atomic E-state index is 8.36. The van der Waals surface area contributed by atoms with E-state index in [-0.39, 0.29) is 36.9 Å². The van der Waals surface area contributed by atoms with Gasteiger partial charge in [0.15, 0.2) is 0 Å². The predicted octanol–water partition coefficient (Wildman–Crippen LogP) is -1.04. The molecule has 0 aliphatic heterocycles. The molecule has 12 nitrogen and oxygen atoms in total. The Morgan fingerprint density at radius 2 is 0.692 bits per heavy atom. The molecule has 87 valence electrons. The molecule has 3 N–H and O–H groups in total. The van der Waals surface area contributed by atoms with Crippen LogP contribution in [0.2, 0.25) is 0 Å². The molecule has 0 heterocycles. The average molecular weight is 364 g/mol. The van der Waals surface area contributed by atoms with Crippen molar-refractivity contribution in [2.75, 3.05) is 0 Å². The molecule has 13 heteroatoms. The fourth-order valence-electron chi connectivity index (χ4n) is 0. The van der Waals surface area contributed by atoms with Crippen LogP contribution in [0.25, 0.3) is 0 Å². The van der Waals surface area contributed by atoms with E-state index < -0.39 is 15.3 Å². The van der Waals surface area contributed by atoms with Gasteiger partial charge in [-0.3, -0.25) is 0 Å². The molecular weight excluding hydrogens is 361 g/mol. The van der Waals surface area contributed by atoms with Crippen LogP contribution < -0.4 is 0 Å². The minimum Gasteiger partial charge on any atom is -0.328 e. The van der Waals surface area contributed by atoms with E-state index in [1.54, 1.807) is 0 Å². The zero-order valence-electron chi connectivity index (χ0n) is 5.39. The van der Waals surface area contributed by atoms with Gasteiger partial charge in [0, 0.05) is 36.9 Å². The normalized spacial score (nSPS) is 5.54. The summed E-state index contributed by atoms with van der Waals surface area (Å²) in [7, 11) is 0. The van der Waals surface area contributed by atoms with Crippen LogP contribution in [0.5, 0.6) is 0 Å². The van der Waals surface area contributed by atoms with Gasteiger partial charge in [0.1, 0.15) is 0 Å². The van der Waals surface area contributed by atoms with Crippen LogP contribution >= 0.6 is 0 Å². The third kappa shape index (κ3) is 622. The smallest absolute Gasteiger partial charge is 0.291 e. The van der Waals surface area contributed by atoms with Crippen molar-refractivity contribution in [2.45, 2.75) is 0 Å². The molecule has 0 rings (SSSR count). The molecule has 0 aromatic carbocycles. The second-order valence-corrected chi connectivity index (χ2v) is 0.714. The van der Waals surface area contributed by atoms with Gasteiger partial charge in [-0.2, -0.15) is 0 Å². The minimum absolute atomic E-state index is 0. The van der Waals surface area contributed by atoms with Crippen molar-refractivity contribution in [1.82, 2.24) is 0 Å². The van der Waals surface area contributed by atoms with Crippen LogP contribution in [0.15, 0.2) is 0 Å². The largest absolute Gasteiger partial charge is 0.328 e. The van der Waals surface area contributed by atoms with E-state index in [9.17, 15) is 0 Å². The molecular formula is H3LuN3O9. The van der Waals surface area contributed by atoms with Crippen molar-refractivity contribution >= 4 is 0 Å². The molecule has 0 aliphatic rings. The Hall–Kier alpha value is -1.17. The summed E-state index contributed by atoms with van der Waals surface area (Å²) in [5, 5.41) is 40.9. The van der Waals surface area contributed by atoms with Crippen molar-refractivity contribution in [3.05, 3.63) is 30.3 Å². The van der Waals surface area contributed by atoms with Crippen LogP contribution in [0.3, 0.4) is 0 Å². The molecule has 13 heavy (non-hydrogen) atoms. The number of rotatable bonds is 0. The zero-order valence-corrected chi connectivity index (χ0v) is 7.05. The second-order valence-electron chi connectivity index (χ2n) is 0.714. The Bertz CT molecular complexity index is 112. The van der Waals surface area contributed by atoms with E-state index >= 15 is 0 Å². The Labute approximate surface area is 97.9 Å². The molecule has 0 amide bonds. The first-order valence-electron chi connectivity index (χ1n) is 1.70. The molecule has 0 aromatic heterocycles. The number of hydrogen-bond acceptors (Lipinski definition) is 6. The summed E-state index contributed by atoms with van der Waals surface area (Å²) in [5.74, 6) is 0. The van der Waals surface area contributed by atoms with Gasteiger partial charge in [-0.05, 0) is 0 Å². The van der Waals surface area contributed by atoms with Gasteiger partial charge in [-0.1, -0.05) is 0 Å². The van der Waals surface area contributed by atoms with Crippen molar-refractivity contribution in [1.29, 1.82) is 0 Å². The van der Waals surface area contributed by atoms with Crippen LogP contribution in [-0.2, 0) is 0 Å². The maximum Gasteiger partial charge on any atom is 0.291 e. The van der Waals surface area contributed by atoms with Crippen molar-refractivity contribution in [3.8, 4) is 0 Å². The van der Waals surface area contributed by atoms with Crippen LogP contribution in [0.1, 0.15) is 0 Å².